The number of rotatable bonds is 0. The molecule has 0 atom stereocenters. The Morgan fingerprint density at radius 2 is 1.86 bits per heavy atom. The first-order valence-corrected chi connectivity index (χ1v) is 3.03. The van der Waals surface area contributed by atoms with Crippen LogP contribution in [-0.2, 0) is 39.5 Å². The van der Waals surface area contributed by atoms with Crippen molar-refractivity contribution in [3.63, 3.8) is 0 Å². The quantitative estimate of drug-likeness (QED) is 0.591. The fraction of sp³-hybridized carbons (Fsp3) is 0.500. The van der Waals surface area contributed by atoms with Gasteiger partial charge >= 0.3 is 62.6 Å². The van der Waals surface area contributed by atoms with Gasteiger partial charge in [-0.15, -0.1) is 0 Å². The molecule has 0 heterocycles. The first kappa shape index (κ1) is 10.7. The van der Waals surface area contributed by atoms with E-state index in [1.165, 1.54) is 6.92 Å². The SMILES string of the molecule is CC(=O)[O][Co].[Cl][Co]. The molecular formula is C2H3ClCo2O2. The molecular weight excluding hydrogens is 209 g/mol. The fourth-order valence-electron chi connectivity index (χ4n) is 0. The second-order valence-corrected chi connectivity index (χ2v) is 0.772. The van der Waals surface area contributed by atoms with Crippen molar-refractivity contribution in [3.8, 4) is 0 Å². The third-order valence-electron chi connectivity index (χ3n) is 0.0958. The van der Waals surface area contributed by atoms with Gasteiger partial charge in [-0.3, -0.25) is 0 Å². The van der Waals surface area contributed by atoms with Crippen molar-refractivity contribution in [2.24, 2.45) is 0 Å². The van der Waals surface area contributed by atoms with Crippen molar-refractivity contribution in [2.75, 3.05) is 0 Å². The van der Waals surface area contributed by atoms with Crippen LogP contribution < -0.4 is 0 Å². The van der Waals surface area contributed by atoms with Gasteiger partial charge in [-0.1, -0.05) is 0 Å². The standard InChI is InChI=1S/C2H4O2.ClH.2Co/c1-2(3)4;;;/h1H3,(H,3,4);1H;;/q;;2*+1/p-2. The molecule has 0 saturated carbocycles. The predicted octanol–water partition coefficient (Wildman–Crippen LogP) is 0.698. The van der Waals surface area contributed by atoms with E-state index < -0.39 is 0 Å². The van der Waals surface area contributed by atoms with Crippen LogP contribution in [0.25, 0.3) is 0 Å². The van der Waals surface area contributed by atoms with Crippen molar-refractivity contribution in [3.05, 3.63) is 0 Å². The molecule has 0 aromatic heterocycles. The van der Waals surface area contributed by atoms with Crippen molar-refractivity contribution >= 4 is 16.1 Å². The van der Waals surface area contributed by atoms with E-state index in [9.17, 15) is 4.79 Å². The zero-order valence-corrected chi connectivity index (χ0v) is 6.20. The van der Waals surface area contributed by atoms with Crippen LogP contribution in [0.1, 0.15) is 6.92 Å². The first-order chi connectivity index (χ1) is 3.27. The van der Waals surface area contributed by atoms with Crippen molar-refractivity contribution in [2.45, 2.75) is 6.92 Å². The number of hydrogen-bond donors (Lipinski definition) is 0. The van der Waals surface area contributed by atoms with Crippen LogP contribution in [0.2, 0.25) is 0 Å². The molecule has 0 radical (unpaired) electrons. The van der Waals surface area contributed by atoms with Crippen LogP contribution in [0.5, 0.6) is 0 Å². The molecule has 0 aliphatic carbocycles. The zero-order valence-electron chi connectivity index (χ0n) is 3.36. The summed E-state index contributed by atoms with van der Waals surface area (Å²) >= 11 is 6.24. The van der Waals surface area contributed by atoms with Gasteiger partial charge < -0.3 is 0 Å². The summed E-state index contributed by atoms with van der Waals surface area (Å²) in [5, 5.41) is 0. The minimum absolute atomic E-state index is 0.384. The van der Waals surface area contributed by atoms with Gasteiger partial charge in [0.25, 0.3) is 0 Å². The molecule has 0 fully saturated rings. The zero-order chi connectivity index (χ0) is 6.28. The molecule has 0 aliphatic heterocycles. The summed E-state index contributed by atoms with van der Waals surface area (Å²) in [6.07, 6.45) is 0. The Bertz CT molecular complexity index is 49.0. The van der Waals surface area contributed by atoms with Crippen molar-refractivity contribution in [1.82, 2.24) is 0 Å². The minimum atomic E-state index is -0.384. The van der Waals surface area contributed by atoms with Crippen LogP contribution >= 0.6 is 10.1 Å². The Kier molecular flexibility index (Phi) is 15.1. The van der Waals surface area contributed by atoms with Crippen molar-refractivity contribution < 1.29 is 39.5 Å². The van der Waals surface area contributed by atoms with E-state index in [2.05, 4.69) is 44.9 Å². The predicted molar refractivity (Wildman–Crippen MR) is 17.6 cm³/mol. The third kappa shape index (κ3) is 20.1. The van der Waals surface area contributed by atoms with Crippen LogP contribution in [-0.4, -0.2) is 5.97 Å². The Labute approximate surface area is 62.7 Å². The number of halogens is 1. The Morgan fingerprint density at radius 1 is 1.71 bits per heavy atom. The van der Waals surface area contributed by atoms with Gasteiger partial charge in [-0.05, 0) is 0 Å². The number of carbonyl (C=O) groups is 1. The van der Waals surface area contributed by atoms with Crippen LogP contribution in [0.15, 0.2) is 0 Å². The van der Waals surface area contributed by atoms with Gasteiger partial charge in [0.15, 0.2) is 0 Å². The van der Waals surface area contributed by atoms with Gasteiger partial charge in [0, 0.05) is 0 Å². The molecule has 0 aliphatic rings. The second kappa shape index (κ2) is 9.91. The molecule has 48 valence electrons. The normalized spacial score (nSPS) is 6.00. The Balaban J connectivity index is 0. The van der Waals surface area contributed by atoms with E-state index in [-0.39, 0.29) is 5.97 Å². The van der Waals surface area contributed by atoms with Gasteiger partial charge in [-0.25, -0.2) is 0 Å². The molecule has 0 spiro atoms. The summed E-state index contributed by atoms with van der Waals surface area (Å²) in [5.74, 6) is -0.384. The van der Waals surface area contributed by atoms with E-state index >= 15 is 0 Å². The summed E-state index contributed by atoms with van der Waals surface area (Å²) in [4.78, 5) is 9.51. The molecule has 0 rings (SSSR count). The molecule has 0 N–H and O–H groups in total. The van der Waals surface area contributed by atoms with Crippen molar-refractivity contribution in [1.29, 1.82) is 0 Å². The Morgan fingerprint density at radius 3 is 1.86 bits per heavy atom. The van der Waals surface area contributed by atoms with Crippen LogP contribution in [0, 0.1) is 0 Å². The summed E-state index contributed by atoms with van der Waals surface area (Å²) in [5.41, 5.74) is 0. The molecule has 7 heavy (non-hydrogen) atoms. The van der Waals surface area contributed by atoms with Gasteiger partial charge in [0.05, 0.1) is 0 Å². The molecule has 0 bridgehead atoms. The Hall–Kier alpha value is 0.773. The molecule has 0 aromatic rings. The summed E-state index contributed by atoms with van der Waals surface area (Å²) in [6, 6.07) is 0. The average molecular weight is 212 g/mol. The van der Waals surface area contributed by atoms with Crippen LogP contribution in [0.3, 0.4) is 0 Å². The van der Waals surface area contributed by atoms with E-state index in [1.54, 1.807) is 0 Å². The average Bonchev–Trinajstić information content (AvgIpc) is 1.73. The number of hydrogen-bond acceptors (Lipinski definition) is 2. The van der Waals surface area contributed by atoms with E-state index in [0.717, 1.165) is 0 Å². The number of carbonyl (C=O) groups excluding carboxylic acids is 1. The molecule has 0 unspecified atom stereocenters. The van der Waals surface area contributed by atoms with E-state index in [0.29, 0.717) is 0 Å². The molecule has 0 amide bonds. The molecule has 2 nitrogen and oxygen atoms in total. The van der Waals surface area contributed by atoms with Crippen LogP contribution in [0.4, 0.5) is 0 Å². The summed E-state index contributed by atoms with van der Waals surface area (Å²) in [6.45, 7) is 1.28. The fourth-order valence-corrected chi connectivity index (χ4v) is 0. The summed E-state index contributed by atoms with van der Waals surface area (Å²) < 4.78 is 3.80. The second-order valence-electron chi connectivity index (χ2n) is 0.560. The molecule has 0 saturated heterocycles. The van der Waals surface area contributed by atoms with Gasteiger partial charge in [0.2, 0.25) is 0 Å². The van der Waals surface area contributed by atoms with E-state index in [1.807, 2.05) is 0 Å². The van der Waals surface area contributed by atoms with Gasteiger partial charge in [0.1, 0.15) is 0 Å². The van der Waals surface area contributed by atoms with E-state index in [4.69, 9.17) is 0 Å². The monoisotopic (exact) mass is 212 g/mol. The topological polar surface area (TPSA) is 26.3 Å². The van der Waals surface area contributed by atoms with Gasteiger partial charge in [-0.2, -0.15) is 0 Å². The summed E-state index contributed by atoms with van der Waals surface area (Å²) in [7, 11) is 4.33. The first-order valence-electron chi connectivity index (χ1n) is 1.17. The molecule has 5 heteroatoms. The maximum atomic E-state index is 9.51. The third-order valence-corrected chi connectivity index (χ3v) is 0.395. The maximum absolute atomic E-state index is 9.51. The molecule has 0 aromatic carbocycles.